The SMILES string of the molecule is COCCNC(=O)NC(=O)CN(CCCO)C(C)C. The number of urea groups is 1. The number of aliphatic hydroxyl groups is 1. The normalized spacial score (nSPS) is 10.8. The molecule has 0 saturated carbocycles. The van der Waals surface area contributed by atoms with Crippen molar-refractivity contribution in [2.75, 3.05) is 40.0 Å². The largest absolute Gasteiger partial charge is 0.396 e. The minimum Gasteiger partial charge on any atom is -0.396 e. The predicted molar refractivity (Wildman–Crippen MR) is 71.8 cm³/mol. The van der Waals surface area contributed by atoms with Crippen molar-refractivity contribution in [2.45, 2.75) is 26.3 Å². The molecule has 0 atom stereocenters. The van der Waals surface area contributed by atoms with Gasteiger partial charge in [0.2, 0.25) is 5.91 Å². The highest BCUT2D eigenvalue weighted by Gasteiger charge is 2.15. The van der Waals surface area contributed by atoms with Crippen LogP contribution in [-0.2, 0) is 9.53 Å². The third kappa shape index (κ3) is 9.40. The maximum absolute atomic E-state index is 11.7. The van der Waals surface area contributed by atoms with Gasteiger partial charge in [-0.3, -0.25) is 15.0 Å². The number of methoxy groups -OCH3 is 1. The molecule has 112 valence electrons. The van der Waals surface area contributed by atoms with Crippen molar-refractivity contribution in [1.82, 2.24) is 15.5 Å². The van der Waals surface area contributed by atoms with Gasteiger partial charge in [0.05, 0.1) is 13.2 Å². The van der Waals surface area contributed by atoms with Crippen molar-refractivity contribution in [2.24, 2.45) is 0 Å². The molecule has 0 unspecified atom stereocenters. The molecule has 0 fully saturated rings. The predicted octanol–water partition coefficient (Wildman–Crippen LogP) is -0.449. The van der Waals surface area contributed by atoms with Crippen LogP contribution in [0.4, 0.5) is 4.79 Å². The topological polar surface area (TPSA) is 90.9 Å². The molecule has 19 heavy (non-hydrogen) atoms. The number of nitrogens with zero attached hydrogens (tertiary/aromatic N) is 1. The molecule has 0 aliphatic carbocycles. The number of carbonyl (C=O) groups excluding carboxylic acids is 2. The van der Waals surface area contributed by atoms with E-state index < -0.39 is 6.03 Å². The van der Waals surface area contributed by atoms with Crippen molar-refractivity contribution in [3.63, 3.8) is 0 Å². The smallest absolute Gasteiger partial charge is 0.321 e. The van der Waals surface area contributed by atoms with Crippen LogP contribution in [-0.4, -0.2) is 67.9 Å². The van der Waals surface area contributed by atoms with E-state index in [1.165, 1.54) is 7.11 Å². The van der Waals surface area contributed by atoms with Crippen LogP contribution >= 0.6 is 0 Å². The van der Waals surface area contributed by atoms with E-state index in [0.717, 1.165) is 0 Å². The minimum absolute atomic E-state index is 0.0857. The van der Waals surface area contributed by atoms with Crippen LogP contribution in [0.5, 0.6) is 0 Å². The lowest BCUT2D eigenvalue weighted by Gasteiger charge is -2.25. The number of aliphatic hydroxyl groups excluding tert-OH is 1. The summed E-state index contributed by atoms with van der Waals surface area (Å²) in [5.41, 5.74) is 0. The molecule has 3 N–H and O–H groups in total. The molecular formula is C12H25N3O4. The van der Waals surface area contributed by atoms with Gasteiger partial charge in [-0.15, -0.1) is 0 Å². The van der Waals surface area contributed by atoms with E-state index in [4.69, 9.17) is 9.84 Å². The first-order chi connectivity index (χ1) is 9.01. The molecule has 0 aromatic heterocycles. The third-order valence-corrected chi connectivity index (χ3v) is 2.53. The molecule has 0 aliphatic rings. The van der Waals surface area contributed by atoms with Crippen LogP contribution < -0.4 is 10.6 Å². The van der Waals surface area contributed by atoms with Crippen LogP contribution in [0, 0.1) is 0 Å². The number of rotatable bonds is 9. The Hall–Kier alpha value is -1.18. The standard InChI is InChI=1S/C12H25N3O4/c1-10(2)15(6-4-7-16)9-11(17)14-12(18)13-5-8-19-3/h10,16H,4-9H2,1-3H3,(H2,13,14,17,18). The number of hydrogen-bond acceptors (Lipinski definition) is 5. The van der Waals surface area contributed by atoms with Crippen molar-refractivity contribution in [3.8, 4) is 0 Å². The summed E-state index contributed by atoms with van der Waals surface area (Å²) < 4.78 is 4.78. The van der Waals surface area contributed by atoms with Gasteiger partial charge in [0.15, 0.2) is 0 Å². The molecule has 0 saturated heterocycles. The zero-order valence-corrected chi connectivity index (χ0v) is 11.9. The van der Waals surface area contributed by atoms with Crippen LogP contribution in [0.3, 0.4) is 0 Å². The van der Waals surface area contributed by atoms with Gasteiger partial charge in [0.25, 0.3) is 0 Å². The minimum atomic E-state index is -0.520. The van der Waals surface area contributed by atoms with Gasteiger partial charge >= 0.3 is 6.03 Å². The molecule has 3 amide bonds. The Kier molecular flexibility index (Phi) is 10.1. The second-order valence-electron chi connectivity index (χ2n) is 4.44. The Morgan fingerprint density at radius 3 is 2.58 bits per heavy atom. The maximum atomic E-state index is 11.7. The first-order valence-corrected chi connectivity index (χ1v) is 6.42. The molecule has 0 aromatic rings. The molecule has 7 nitrogen and oxygen atoms in total. The van der Waals surface area contributed by atoms with Crippen molar-refractivity contribution in [1.29, 1.82) is 0 Å². The van der Waals surface area contributed by atoms with Crippen molar-refractivity contribution in [3.05, 3.63) is 0 Å². The summed E-state index contributed by atoms with van der Waals surface area (Å²) in [6.45, 7) is 5.52. The molecule has 0 radical (unpaired) electrons. The number of ether oxygens (including phenoxy) is 1. The Morgan fingerprint density at radius 1 is 1.37 bits per heavy atom. The molecule has 7 heteroatoms. The lowest BCUT2D eigenvalue weighted by molar-refractivity contribution is -0.121. The summed E-state index contributed by atoms with van der Waals surface area (Å²) in [5, 5.41) is 13.6. The molecule has 0 rings (SSSR count). The highest BCUT2D eigenvalue weighted by molar-refractivity contribution is 5.95. The van der Waals surface area contributed by atoms with E-state index in [2.05, 4.69) is 10.6 Å². The zero-order chi connectivity index (χ0) is 14.7. The molecule has 0 spiro atoms. The summed E-state index contributed by atoms with van der Waals surface area (Å²) in [7, 11) is 1.53. The number of carbonyl (C=O) groups is 2. The average molecular weight is 275 g/mol. The number of nitrogens with one attached hydrogen (secondary N) is 2. The Labute approximate surface area is 114 Å². The molecule has 0 aromatic carbocycles. The van der Waals surface area contributed by atoms with Crippen LogP contribution in [0.2, 0.25) is 0 Å². The highest BCUT2D eigenvalue weighted by atomic mass is 16.5. The Bertz CT molecular complexity index is 272. The van der Waals surface area contributed by atoms with Gasteiger partial charge < -0.3 is 15.2 Å². The quantitative estimate of drug-likeness (QED) is 0.496. The van der Waals surface area contributed by atoms with E-state index in [0.29, 0.717) is 26.1 Å². The molecule has 0 bridgehead atoms. The highest BCUT2D eigenvalue weighted by Crippen LogP contribution is 1.98. The monoisotopic (exact) mass is 275 g/mol. The van der Waals surface area contributed by atoms with Gasteiger partial charge in [-0.1, -0.05) is 0 Å². The zero-order valence-electron chi connectivity index (χ0n) is 11.9. The summed E-state index contributed by atoms with van der Waals surface area (Å²) in [6.07, 6.45) is 0.603. The van der Waals surface area contributed by atoms with E-state index in [1.807, 2.05) is 18.7 Å². The second kappa shape index (κ2) is 10.7. The van der Waals surface area contributed by atoms with E-state index in [1.54, 1.807) is 0 Å². The first kappa shape index (κ1) is 17.8. The molecule has 0 heterocycles. The summed E-state index contributed by atoms with van der Waals surface area (Å²) in [4.78, 5) is 24.9. The van der Waals surface area contributed by atoms with Crippen molar-refractivity contribution >= 4 is 11.9 Å². The van der Waals surface area contributed by atoms with E-state index in [-0.39, 0.29) is 25.1 Å². The van der Waals surface area contributed by atoms with E-state index >= 15 is 0 Å². The van der Waals surface area contributed by atoms with Crippen LogP contribution in [0.1, 0.15) is 20.3 Å². The number of amides is 3. The molecule has 0 aliphatic heterocycles. The fourth-order valence-corrected chi connectivity index (χ4v) is 1.46. The average Bonchev–Trinajstić information content (AvgIpc) is 2.34. The van der Waals surface area contributed by atoms with Crippen LogP contribution in [0.15, 0.2) is 0 Å². The van der Waals surface area contributed by atoms with Gasteiger partial charge in [-0.05, 0) is 20.3 Å². The van der Waals surface area contributed by atoms with E-state index in [9.17, 15) is 9.59 Å². The van der Waals surface area contributed by atoms with Crippen LogP contribution in [0.25, 0.3) is 0 Å². The maximum Gasteiger partial charge on any atom is 0.321 e. The first-order valence-electron chi connectivity index (χ1n) is 6.42. The van der Waals surface area contributed by atoms with Gasteiger partial charge in [-0.2, -0.15) is 0 Å². The number of imide groups is 1. The summed E-state index contributed by atoms with van der Waals surface area (Å²) >= 11 is 0. The Morgan fingerprint density at radius 2 is 2.05 bits per heavy atom. The van der Waals surface area contributed by atoms with Gasteiger partial charge in [-0.25, -0.2) is 4.79 Å². The second-order valence-corrected chi connectivity index (χ2v) is 4.44. The van der Waals surface area contributed by atoms with Gasteiger partial charge in [0.1, 0.15) is 0 Å². The van der Waals surface area contributed by atoms with Crippen molar-refractivity contribution < 1.29 is 19.4 Å². The third-order valence-electron chi connectivity index (χ3n) is 2.53. The number of hydrogen-bond donors (Lipinski definition) is 3. The lowest BCUT2D eigenvalue weighted by atomic mass is 10.3. The fourth-order valence-electron chi connectivity index (χ4n) is 1.46. The fraction of sp³-hybridized carbons (Fsp3) is 0.833. The lowest BCUT2D eigenvalue weighted by Crippen LogP contribution is -2.47. The molecular weight excluding hydrogens is 250 g/mol. The summed E-state index contributed by atoms with van der Waals surface area (Å²) in [6, 6.07) is -0.346. The van der Waals surface area contributed by atoms with Gasteiger partial charge in [0, 0.05) is 32.8 Å². The Balaban J connectivity index is 4.00. The summed E-state index contributed by atoms with van der Waals surface area (Å²) in [5.74, 6) is -0.360.